The fraction of sp³-hybridized carbons (Fsp3) is 0.185. The van der Waals surface area contributed by atoms with Crippen molar-refractivity contribution >= 4 is 23.8 Å². The molecular weight excluding hydrogens is 435 g/mol. The number of carbonyl (C=O) groups excluding carboxylic acids is 1. The minimum Gasteiger partial charge on any atom is -0.468 e. The van der Waals surface area contributed by atoms with Crippen LogP contribution in [0.2, 0.25) is 0 Å². The average Bonchev–Trinajstić information content (AvgIpc) is 3.31. The van der Waals surface area contributed by atoms with Crippen molar-refractivity contribution < 1.29 is 13.6 Å². The lowest BCUT2D eigenvalue weighted by Crippen LogP contribution is -2.04. The smallest absolute Gasteiger partial charge is 0.123 e. The number of hydrogen-bond donors (Lipinski definition) is 1. The minimum atomic E-state index is -0.284. The maximum atomic E-state index is 13.7. The number of furan rings is 1. The summed E-state index contributed by atoms with van der Waals surface area (Å²) in [6.07, 6.45) is 14.5. The molecule has 3 rings (SSSR count). The zero-order chi connectivity index (χ0) is 24.1. The molecule has 0 atom stereocenters. The lowest BCUT2D eigenvalue weighted by molar-refractivity contribution is -0.107. The molecule has 6 heteroatoms. The molecule has 0 saturated carbocycles. The molecule has 0 amide bonds. The number of halogens is 1. The number of aldehydes is 1. The molecule has 2 N–H and O–H groups in total. The molecule has 1 aliphatic heterocycles. The second-order valence-corrected chi connectivity index (χ2v) is 8.07. The molecule has 0 unspecified atom stereocenters. The van der Waals surface area contributed by atoms with Gasteiger partial charge in [0.25, 0.3) is 0 Å². The molecule has 2 aromatic rings. The number of aliphatic imine (C=N–C) groups is 1. The first kappa shape index (κ1) is 26.0. The van der Waals surface area contributed by atoms with Gasteiger partial charge in [0.15, 0.2) is 0 Å². The van der Waals surface area contributed by atoms with Crippen LogP contribution >= 0.6 is 11.8 Å². The number of carbonyl (C=O) groups is 1. The first-order valence-electron chi connectivity index (χ1n) is 10.6. The van der Waals surface area contributed by atoms with Gasteiger partial charge >= 0.3 is 0 Å². The summed E-state index contributed by atoms with van der Waals surface area (Å²) in [6, 6.07) is 10.2. The molecule has 1 aromatic heterocycles. The van der Waals surface area contributed by atoms with Gasteiger partial charge < -0.3 is 14.9 Å². The van der Waals surface area contributed by atoms with E-state index >= 15 is 0 Å². The van der Waals surface area contributed by atoms with E-state index in [1.54, 1.807) is 24.1 Å². The Labute approximate surface area is 199 Å². The summed E-state index contributed by atoms with van der Waals surface area (Å²) >= 11 is 1.60. The average molecular weight is 465 g/mol. The van der Waals surface area contributed by atoms with Gasteiger partial charge in [-0.3, -0.25) is 4.99 Å². The van der Waals surface area contributed by atoms with Crippen LogP contribution in [0.15, 0.2) is 110 Å². The minimum absolute atomic E-state index is 0.284. The zero-order valence-corrected chi connectivity index (χ0v) is 19.9. The lowest BCUT2D eigenvalue weighted by atomic mass is 10.0. The zero-order valence-electron chi connectivity index (χ0n) is 19.1. The van der Waals surface area contributed by atoms with E-state index < -0.39 is 0 Å². The Morgan fingerprint density at radius 3 is 2.55 bits per heavy atom. The Morgan fingerprint density at radius 1 is 1.12 bits per heavy atom. The van der Waals surface area contributed by atoms with Gasteiger partial charge in [0.1, 0.15) is 17.9 Å². The van der Waals surface area contributed by atoms with Crippen LogP contribution in [0.4, 0.5) is 4.39 Å². The molecule has 4 nitrogen and oxygen atoms in total. The SMILES string of the molecule is C/C=C\C=C/C1=C(C)C(c2cccc(F)c2)=NC(C)=C(/C=C\CC=O)S1.NCc1ccco1. The molecule has 0 radical (unpaired) electrons. The summed E-state index contributed by atoms with van der Waals surface area (Å²) < 4.78 is 18.6. The standard InChI is InChI=1S/C22H22FNOS.C5H7NO/c1-4-5-6-12-20-16(2)22(18-10-9-11-19(23)15-18)24-17(3)21(26-20)13-7-8-14-25;6-4-5-2-1-3-7-5/h4-7,9-15H,8H2,1-3H3;1-3H,4,6H2/b5-4-,12-6-,13-7-;. The van der Waals surface area contributed by atoms with Crippen molar-refractivity contribution in [3.05, 3.63) is 117 Å². The number of rotatable bonds is 7. The largest absolute Gasteiger partial charge is 0.468 e. The van der Waals surface area contributed by atoms with Gasteiger partial charge in [0.2, 0.25) is 0 Å². The quantitative estimate of drug-likeness (QED) is 0.358. The molecule has 1 aromatic carbocycles. The highest BCUT2D eigenvalue weighted by Crippen LogP contribution is 2.37. The van der Waals surface area contributed by atoms with E-state index in [2.05, 4.69) is 0 Å². The number of hydrogen-bond acceptors (Lipinski definition) is 5. The van der Waals surface area contributed by atoms with E-state index in [1.165, 1.54) is 12.1 Å². The molecule has 0 bridgehead atoms. The Morgan fingerprint density at radius 2 is 1.94 bits per heavy atom. The Bertz CT molecular complexity index is 1110. The van der Waals surface area contributed by atoms with Crippen molar-refractivity contribution in [3.63, 3.8) is 0 Å². The van der Waals surface area contributed by atoms with Crippen LogP contribution in [0.5, 0.6) is 0 Å². The van der Waals surface area contributed by atoms with E-state index in [0.29, 0.717) is 13.0 Å². The number of thioether (sulfide) groups is 1. The van der Waals surface area contributed by atoms with E-state index in [9.17, 15) is 9.18 Å². The van der Waals surface area contributed by atoms with Gasteiger partial charge in [-0.05, 0) is 62.8 Å². The molecular formula is C27H29FN2O2S. The van der Waals surface area contributed by atoms with Gasteiger partial charge in [0.05, 0.1) is 24.2 Å². The second kappa shape index (κ2) is 14.0. The highest BCUT2D eigenvalue weighted by atomic mass is 32.2. The lowest BCUT2D eigenvalue weighted by Gasteiger charge is -2.09. The van der Waals surface area contributed by atoms with Crippen molar-refractivity contribution in [1.82, 2.24) is 0 Å². The van der Waals surface area contributed by atoms with Crippen LogP contribution < -0.4 is 5.73 Å². The number of nitrogens with zero attached hydrogens (tertiary/aromatic N) is 1. The molecule has 0 saturated heterocycles. The molecule has 0 fully saturated rings. The Hall–Kier alpha value is -3.22. The number of allylic oxidation sites excluding steroid dienone is 8. The summed E-state index contributed by atoms with van der Waals surface area (Å²) in [5.74, 6) is 0.550. The van der Waals surface area contributed by atoms with Crippen LogP contribution in [0.25, 0.3) is 0 Å². The predicted molar refractivity (Wildman–Crippen MR) is 136 cm³/mol. The van der Waals surface area contributed by atoms with Gasteiger partial charge in [-0.25, -0.2) is 4.39 Å². The second-order valence-electron chi connectivity index (χ2n) is 6.98. The Kier molecular flexibility index (Phi) is 11.1. The first-order valence-corrected chi connectivity index (χ1v) is 11.4. The molecule has 33 heavy (non-hydrogen) atoms. The van der Waals surface area contributed by atoms with Crippen molar-refractivity contribution in [2.75, 3.05) is 0 Å². The van der Waals surface area contributed by atoms with Crippen LogP contribution in [-0.4, -0.2) is 12.0 Å². The van der Waals surface area contributed by atoms with Crippen molar-refractivity contribution in [2.24, 2.45) is 10.7 Å². The topological polar surface area (TPSA) is 68.6 Å². The van der Waals surface area contributed by atoms with Gasteiger partial charge in [-0.15, -0.1) is 0 Å². The summed E-state index contributed by atoms with van der Waals surface area (Å²) in [5, 5.41) is 0. The van der Waals surface area contributed by atoms with Crippen LogP contribution in [-0.2, 0) is 11.3 Å². The highest BCUT2D eigenvalue weighted by Gasteiger charge is 2.17. The Balaban J connectivity index is 0.000000468. The van der Waals surface area contributed by atoms with E-state index in [4.69, 9.17) is 15.1 Å². The summed E-state index contributed by atoms with van der Waals surface area (Å²) in [4.78, 5) is 17.4. The fourth-order valence-corrected chi connectivity index (χ4v) is 3.83. The van der Waals surface area contributed by atoms with Crippen LogP contribution in [0.1, 0.15) is 38.5 Å². The molecule has 0 aliphatic carbocycles. The molecule has 2 heterocycles. The monoisotopic (exact) mass is 464 g/mol. The number of nitrogens with two attached hydrogens (primary N) is 1. The van der Waals surface area contributed by atoms with Gasteiger partial charge in [-0.1, -0.05) is 48.2 Å². The molecule has 0 spiro atoms. The van der Waals surface area contributed by atoms with E-state index in [0.717, 1.165) is 44.4 Å². The maximum Gasteiger partial charge on any atom is 0.123 e. The summed E-state index contributed by atoms with van der Waals surface area (Å²) in [7, 11) is 0. The van der Waals surface area contributed by atoms with E-state index in [-0.39, 0.29) is 5.82 Å². The third-order valence-corrected chi connectivity index (χ3v) is 5.83. The number of benzene rings is 1. The van der Waals surface area contributed by atoms with Crippen molar-refractivity contribution in [3.8, 4) is 0 Å². The van der Waals surface area contributed by atoms with Crippen molar-refractivity contribution in [1.29, 1.82) is 0 Å². The highest BCUT2D eigenvalue weighted by molar-refractivity contribution is 8.07. The fourth-order valence-electron chi connectivity index (χ4n) is 2.84. The van der Waals surface area contributed by atoms with Crippen LogP contribution in [0, 0.1) is 5.82 Å². The predicted octanol–water partition coefficient (Wildman–Crippen LogP) is 6.88. The van der Waals surface area contributed by atoms with Crippen LogP contribution in [0.3, 0.4) is 0 Å². The molecule has 172 valence electrons. The van der Waals surface area contributed by atoms with Gasteiger partial charge in [0, 0.05) is 21.8 Å². The van der Waals surface area contributed by atoms with Gasteiger partial charge in [-0.2, -0.15) is 0 Å². The summed E-state index contributed by atoms with van der Waals surface area (Å²) in [5.41, 5.74) is 8.53. The maximum absolute atomic E-state index is 13.7. The van der Waals surface area contributed by atoms with Crippen molar-refractivity contribution in [2.45, 2.75) is 33.7 Å². The third-order valence-electron chi connectivity index (χ3n) is 4.51. The van der Waals surface area contributed by atoms with E-state index in [1.807, 2.05) is 75.4 Å². The normalized spacial score (nSPS) is 14.6. The third kappa shape index (κ3) is 8.33. The first-order chi connectivity index (χ1) is 16.0. The summed E-state index contributed by atoms with van der Waals surface area (Å²) in [6.45, 7) is 6.38. The molecule has 1 aliphatic rings.